The molecule has 1 saturated heterocycles. The molecule has 1 aromatic rings. The molecule has 27 heavy (non-hydrogen) atoms. The highest BCUT2D eigenvalue weighted by atomic mass is 32.2. The largest absolute Gasteiger partial charge is 0.466 e. The molecular formula is C17H22F2N2O5S. The van der Waals surface area contributed by atoms with Gasteiger partial charge in [0.25, 0.3) is 0 Å². The van der Waals surface area contributed by atoms with Gasteiger partial charge < -0.3 is 10.1 Å². The fourth-order valence-electron chi connectivity index (χ4n) is 2.89. The van der Waals surface area contributed by atoms with E-state index in [4.69, 9.17) is 4.74 Å². The maximum atomic E-state index is 12.8. The lowest BCUT2D eigenvalue weighted by Gasteiger charge is -2.30. The second-order valence-electron chi connectivity index (χ2n) is 6.15. The van der Waals surface area contributed by atoms with Crippen LogP contribution in [0.3, 0.4) is 0 Å². The van der Waals surface area contributed by atoms with Gasteiger partial charge in [-0.25, -0.2) is 8.42 Å². The Morgan fingerprint density at radius 2 is 1.89 bits per heavy atom. The van der Waals surface area contributed by atoms with Crippen molar-refractivity contribution in [1.82, 2.24) is 4.90 Å². The SMILES string of the molecule is CCOC(=O)C1CCN(CC(=O)Nc2ccccc2S(=O)(=O)C(F)F)CC1. The molecule has 0 spiro atoms. The van der Waals surface area contributed by atoms with Crippen molar-refractivity contribution in [2.75, 3.05) is 31.6 Å². The third-order valence-corrected chi connectivity index (χ3v) is 5.72. The van der Waals surface area contributed by atoms with E-state index in [-0.39, 0.29) is 24.1 Å². The van der Waals surface area contributed by atoms with Gasteiger partial charge in [0.05, 0.1) is 29.7 Å². The molecule has 0 aliphatic carbocycles. The molecule has 0 aromatic heterocycles. The number of likely N-dealkylation sites (tertiary alicyclic amines) is 1. The number of rotatable bonds is 7. The second-order valence-corrected chi connectivity index (χ2v) is 8.04. The molecule has 10 heteroatoms. The number of nitrogens with zero attached hydrogens (tertiary/aromatic N) is 1. The van der Waals surface area contributed by atoms with E-state index < -0.39 is 26.4 Å². The third kappa shape index (κ3) is 5.46. The number of piperidine rings is 1. The zero-order chi connectivity index (χ0) is 20.0. The molecule has 0 bridgehead atoms. The molecule has 1 aromatic carbocycles. The van der Waals surface area contributed by atoms with E-state index in [9.17, 15) is 26.8 Å². The minimum Gasteiger partial charge on any atom is -0.466 e. The van der Waals surface area contributed by atoms with Gasteiger partial charge >= 0.3 is 11.7 Å². The molecule has 7 nitrogen and oxygen atoms in total. The summed E-state index contributed by atoms with van der Waals surface area (Å²) < 4.78 is 54.0. The van der Waals surface area contributed by atoms with Gasteiger partial charge in [-0.3, -0.25) is 14.5 Å². The number of ether oxygens (including phenoxy) is 1. The van der Waals surface area contributed by atoms with Crippen molar-refractivity contribution in [3.8, 4) is 0 Å². The first kappa shape index (κ1) is 21.2. The lowest BCUT2D eigenvalue weighted by molar-refractivity contribution is -0.149. The van der Waals surface area contributed by atoms with E-state index in [1.807, 2.05) is 4.90 Å². The summed E-state index contributed by atoms with van der Waals surface area (Å²) in [6.07, 6.45) is 1.12. The molecule has 0 unspecified atom stereocenters. The number of halogens is 2. The van der Waals surface area contributed by atoms with Gasteiger partial charge in [-0.1, -0.05) is 12.1 Å². The zero-order valence-corrected chi connectivity index (χ0v) is 15.7. The van der Waals surface area contributed by atoms with Crippen LogP contribution < -0.4 is 5.32 Å². The lowest BCUT2D eigenvalue weighted by Crippen LogP contribution is -2.41. The van der Waals surface area contributed by atoms with E-state index in [0.717, 1.165) is 6.07 Å². The Bertz CT molecular complexity index is 777. The summed E-state index contributed by atoms with van der Waals surface area (Å²) in [4.78, 5) is 25.1. The van der Waals surface area contributed by atoms with Gasteiger partial charge in [0.1, 0.15) is 0 Å². The predicted octanol–water partition coefficient (Wildman–Crippen LogP) is 1.90. The van der Waals surface area contributed by atoms with Crippen LogP contribution in [0.5, 0.6) is 0 Å². The monoisotopic (exact) mass is 404 g/mol. The average Bonchev–Trinajstić information content (AvgIpc) is 2.62. The highest BCUT2D eigenvalue weighted by Gasteiger charge is 2.30. The summed E-state index contributed by atoms with van der Waals surface area (Å²) in [5.74, 6) is -4.52. The van der Waals surface area contributed by atoms with E-state index in [0.29, 0.717) is 32.5 Å². The summed E-state index contributed by atoms with van der Waals surface area (Å²) in [5.41, 5.74) is -0.177. The Morgan fingerprint density at radius 3 is 2.48 bits per heavy atom. The molecule has 0 radical (unpaired) electrons. The lowest BCUT2D eigenvalue weighted by atomic mass is 9.97. The molecule has 1 N–H and O–H groups in total. The molecule has 1 heterocycles. The Morgan fingerprint density at radius 1 is 1.26 bits per heavy atom. The van der Waals surface area contributed by atoms with Gasteiger partial charge in [-0.15, -0.1) is 0 Å². The maximum Gasteiger partial charge on any atom is 0.341 e. The van der Waals surface area contributed by atoms with Crippen molar-refractivity contribution < 1.29 is 31.5 Å². The normalized spacial score (nSPS) is 16.3. The topological polar surface area (TPSA) is 92.8 Å². The van der Waals surface area contributed by atoms with Crippen molar-refractivity contribution in [2.24, 2.45) is 5.92 Å². The number of nitrogens with one attached hydrogen (secondary N) is 1. The van der Waals surface area contributed by atoms with E-state index in [1.165, 1.54) is 18.2 Å². The van der Waals surface area contributed by atoms with Crippen LogP contribution >= 0.6 is 0 Å². The molecule has 0 atom stereocenters. The number of carbonyl (C=O) groups excluding carboxylic acids is 2. The molecule has 1 fully saturated rings. The van der Waals surface area contributed by atoms with Gasteiger partial charge in [0, 0.05) is 0 Å². The Hall–Kier alpha value is -2.07. The van der Waals surface area contributed by atoms with Crippen LogP contribution in [0.1, 0.15) is 19.8 Å². The van der Waals surface area contributed by atoms with Crippen molar-refractivity contribution in [2.45, 2.75) is 30.4 Å². The first-order valence-electron chi connectivity index (χ1n) is 8.55. The number of alkyl halides is 2. The summed E-state index contributed by atoms with van der Waals surface area (Å²) in [6.45, 7) is 3.05. The summed E-state index contributed by atoms with van der Waals surface area (Å²) >= 11 is 0. The highest BCUT2D eigenvalue weighted by Crippen LogP contribution is 2.26. The number of amides is 1. The molecule has 1 aliphatic rings. The first-order chi connectivity index (χ1) is 12.8. The first-order valence-corrected chi connectivity index (χ1v) is 10.1. The van der Waals surface area contributed by atoms with Crippen molar-refractivity contribution in [1.29, 1.82) is 0 Å². The van der Waals surface area contributed by atoms with Crippen LogP contribution in [-0.4, -0.2) is 57.2 Å². The highest BCUT2D eigenvalue weighted by molar-refractivity contribution is 7.91. The van der Waals surface area contributed by atoms with Gasteiger partial charge in [-0.2, -0.15) is 8.78 Å². The van der Waals surface area contributed by atoms with Crippen LogP contribution in [-0.2, 0) is 24.2 Å². The second kappa shape index (κ2) is 9.23. The number of hydrogen-bond donors (Lipinski definition) is 1. The Kier molecular flexibility index (Phi) is 7.25. The zero-order valence-electron chi connectivity index (χ0n) is 14.9. The number of hydrogen-bond acceptors (Lipinski definition) is 6. The van der Waals surface area contributed by atoms with Crippen LogP contribution in [0, 0.1) is 5.92 Å². The fourth-order valence-corrected chi connectivity index (χ4v) is 3.78. The van der Waals surface area contributed by atoms with Crippen molar-refractivity contribution in [3.63, 3.8) is 0 Å². The summed E-state index contributed by atoms with van der Waals surface area (Å²) in [5, 5.41) is 2.39. The smallest absolute Gasteiger partial charge is 0.341 e. The van der Waals surface area contributed by atoms with Crippen LogP contribution in [0.2, 0.25) is 0 Å². The number of benzene rings is 1. The number of carbonyl (C=O) groups is 2. The Labute approximate surface area is 156 Å². The predicted molar refractivity (Wildman–Crippen MR) is 94.1 cm³/mol. The minimum atomic E-state index is -4.82. The molecular weight excluding hydrogens is 382 g/mol. The molecule has 1 aliphatic heterocycles. The molecule has 1 amide bonds. The minimum absolute atomic E-state index is 0.0292. The van der Waals surface area contributed by atoms with E-state index in [2.05, 4.69) is 5.32 Å². The quantitative estimate of drug-likeness (QED) is 0.698. The van der Waals surface area contributed by atoms with Crippen molar-refractivity contribution >= 4 is 27.4 Å². The van der Waals surface area contributed by atoms with Crippen LogP contribution in [0.25, 0.3) is 0 Å². The van der Waals surface area contributed by atoms with Gasteiger partial charge in [-0.05, 0) is 45.0 Å². The van der Waals surface area contributed by atoms with E-state index >= 15 is 0 Å². The fraction of sp³-hybridized carbons (Fsp3) is 0.529. The summed E-state index contributed by atoms with van der Waals surface area (Å²) in [6, 6.07) is 5.05. The number of esters is 1. The number of para-hydroxylation sites is 1. The van der Waals surface area contributed by atoms with Crippen LogP contribution in [0.15, 0.2) is 29.2 Å². The third-order valence-electron chi connectivity index (χ3n) is 4.28. The molecule has 0 saturated carbocycles. The maximum absolute atomic E-state index is 12.8. The van der Waals surface area contributed by atoms with Crippen molar-refractivity contribution in [3.05, 3.63) is 24.3 Å². The standard InChI is InChI=1S/C17H22F2N2O5S/c1-2-26-16(23)12-7-9-21(10-8-12)11-15(22)20-13-5-3-4-6-14(13)27(24,25)17(18)19/h3-6,12,17H,2,7-11H2,1H3,(H,20,22). The van der Waals surface area contributed by atoms with E-state index in [1.54, 1.807) is 6.92 Å². The summed E-state index contributed by atoms with van der Waals surface area (Å²) in [7, 11) is -4.82. The average molecular weight is 404 g/mol. The van der Waals surface area contributed by atoms with Crippen LogP contribution in [0.4, 0.5) is 14.5 Å². The number of anilines is 1. The molecule has 150 valence electrons. The Balaban J connectivity index is 1.95. The number of sulfone groups is 1. The van der Waals surface area contributed by atoms with Gasteiger partial charge in [0.15, 0.2) is 0 Å². The van der Waals surface area contributed by atoms with Gasteiger partial charge in [0.2, 0.25) is 15.7 Å². The molecule has 2 rings (SSSR count).